The predicted molar refractivity (Wildman–Crippen MR) is 45.1 cm³/mol. The maximum absolute atomic E-state index is 12.6. The average Bonchev–Trinajstić information content (AvgIpc) is 1.97. The molecule has 16 heavy (non-hydrogen) atoms. The zero-order valence-electron chi connectivity index (χ0n) is 7.55. The predicted octanol–water partition coefficient (Wildman–Crippen LogP) is 2.64. The van der Waals surface area contributed by atoms with Crippen molar-refractivity contribution in [3.05, 3.63) is 35.1 Å². The lowest BCUT2D eigenvalue weighted by Gasteiger charge is -2.11. The van der Waals surface area contributed by atoms with Gasteiger partial charge in [-0.15, -0.1) is 3.89 Å². The molecule has 0 aliphatic carbocycles. The molecule has 0 bridgehead atoms. The molecule has 0 N–H and O–H groups in total. The summed E-state index contributed by atoms with van der Waals surface area (Å²) in [6, 6.07) is 1.24. The minimum Gasteiger partial charge on any atom is -0.207 e. The van der Waals surface area contributed by atoms with Crippen molar-refractivity contribution in [3.8, 4) is 0 Å². The highest BCUT2D eigenvalue weighted by molar-refractivity contribution is 7.85. The Kier molecular flexibility index (Phi) is 3.22. The number of rotatable bonds is 2. The van der Waals surface area contributed by atoms with Crippen molar-refractivity contribution in [2.45, 2.75) is 11.9 Å². The molecule has 8 heteroatoms. The fourth-order valence-corrected chi connectivity index (χ4v) is 1.75. The van der Waals surface area contributed by atoms with E-state index >= 15 is 0 Å². The molecule has 1 aromatic carbocycles. The van der Waals surface area contributed by atoms with Crippen LogP contribution < -0.4 is 0 Å². The number of alkyl halides is 3. The van der Waals surface area contributed by atoms with E-state index in [4.69, 9.17) is 0 Å². The lowest BCUT2D eigenvalue weighted by molar-refractivity contribution is -0.138. The number of halogens is 5. The third kappa shape index (κ3) is 3.44. The summed E-state index contributed by atoms with van der Waals surface area (Å²) in [4.78, 5) is 0. The first-order valence-electron chi connectivity index (χ1n) is 3.87. The van der Waals surface area contributed by atoms with Crippen LogP contribution in [0.5, 0.6) is 0 Å². The van der Waals surface area contributed by atoms with Gasteiger partial charge in [0.05, 0.1) is 5.56 Å². The van der Waals surface area contributed by atoms with E-state index in [2.05, 4.69) is 0 Å². The molecule has 1 aromatic rings. The summed E-state index contributed by atoms with van der Waals surface area (Å²) < 4.78 is 82.3. The summed E-state index contributed by atoms with van der Waals surface area (Å²) >= 11 is 0. The molecule has 2 nitrogen and oxygen atoms in total. The van der Waals surface area contributed by atoms with Crippen LogP contribution in [0, 0.1) is 5.82 Å². The monoisotopic (exact) mass is 260 g/mol. The van der Waals surface area contributed by atoms with Gasteiger partial charge in [-0.25, -0.2) is 4.39 Å². The van der Waals surface area contributed by atoms with Crippen molar-refractivity contribution in [2.75, 3.05) is 0 Å². The second kappa shape index (κ2) is 4.00. The van der Waals surface area contributed by atoms with Crippen LogP contribution >= 0.6 is 0 Å². The largest absolute Gasteiger partial charge is 0.416 e. The van der Waals surface area contributed by atoms with Gasteiger partial charge in [0, 0.05) is 0 Å². The number of benzene rings is 1. The van der Waals surface area contributed by atoms with E-state index in [0.29, 0.717) is 18.2 Å². The van der Waals surface area contributed by atoms with E-state index in [0.717, 1.165) is 0 Å². The fourth-order valence-electron chi connectivity index (χ4n) is 1.14. The molecule has 0 aliphatic rings. The van der Waals surface area contributed by atoms with Crippen LogP contribution in [0.2, 0.25) is 0 Å². The van der Waals surface area contributed by atoms with Gasteiger partial charge in [-0.1, -0.05) is 0 Å². The Morgan fingerprint density at radius 1 is 1.19 bits per heavy atom. The van der Waals surface area contributed by atoms with E-state index in [1.165, 1.54) is 0 Å². The Morgan fingerprint density at radius 3 is 2.19 bits per heavy atom. The molecule has 0 amide bonds. The van der Waals surface area contributed by atoms with Gasteiger partial charge in [0.1, 0.15) is 11.6 Å². The number of hydrogen-bond donors (Lipinski definition) is 0. The van der Waals surface area contributed by atoms with Gasteiger partial charge in [-0.3, -0.25) is 0 Å². The summed E-state index contributed by atoms with van der Waals surface area (Å²) in [6.45, 7) is 0. The summed E-state index contributed by atoms with van der Waals surface area (Å²) in [5.74, 6) is -2.56. The molecule has 0 aliphatic heterocycles. The minimum absolute atomic E-state index is 0.347. The van der Waals surface area contributed by atoms with Crippen molar-refractivity contribution < 1.29 is 29.9 Å². The van der Waals surface area contributed by atoms with Gasteiger partial charge in [-0.05, 0) is 23.8 Å². The first kappa shape index (κ1) is 12.9. The normalized spacial score (nSPS) is 12.8. The first-order chi connectivity index (χ1) is 7.09. The Hall–Kier alpha value is -1.18. The maximum atomic E-state index is 12.6. The highest BCUT2D eigenvalue weighted by Gasteiger charge is 2.34. The minimum atomic E-state index is -5.14. The molecule has 0 atom stereocenters. The lowest BCUT2D eigenvalue weighted by Crippen LogP contribution is -2.11. The second-order valence-corrected chi connectivity index (χ2v) is 4.35. The summed E-state index contributed by atoms with van der Waals surface area (Å²) in [5, 5.41) is 0. The van der Waals surface area contributed by atoms with E-state index < -0.39 is 39.1 Å². The van der Waals surface area contributed by atoms with E-state index in [9.17, 15) is 29.9 Å². The summed E-state index contributed by atoms with van der Waals surface area (Å²) in [6.07, 6.45) is -4.85. The van der Waals surface area contributed by atoms with Crippen molar-refractivity contribution in [3.63, 3.8) is 0 Å². The molecule has 0 saturated carbocycles. The van der Waals surface area contributed by atoms with E-state index in [1.54, 1.807) is 0 Å². The maximum Gasteiger partial charge on any atom is 0.416 e. The van der Waals surface area contributed by atoms with Gasteiger partial charge < -0.3 is 0 Å². The van der Waals surface area contributed by atoms with Gasteiger partial charge in [0.25, 0.3) is 0 Å². The smallest absolute Gasteiger partial charge is 0.207 e. The highest BCUT2D eigenvalue weighted by Crippen LogP contribution is 2.33. The molecule has 0 unspecified atom stereocenters. The molecule has 0 spiro atoms. The summed E-state index contributed by atoms with van der Waals surface area (Å²) in [5.41, 5.74) is -2.31. The van der Waals surface area contributed by atoms with Crippen LogP contribution in [0.25, 0.3) is 0 Å². The van der Waals surface area contributed by atoms with Gasteiger partial charge in [0.15, 0.2) is 0 Å². The molecule has 0 radical (unpaired) electrons. The van der Waals surface area contributed by atoms with Crippen LogP contribution in [0.15, 0.2) is 18.2 Å². The van der Waals surface area contributed by atoms with Gasteiger partial charge in [0.2, 0.25) is 0 Å². The molecule has 0 fully saturated rings. The highest BCUT2D eigenvalue weighted by atomic mass is 32.3. The third-order valence-corrected chi connectivity index (χ3v) is 2.36. The SMILES string of the molecule is O=S(=O)(F)Cc1cc(F)ccc1C(F)(F)F. The van der Waals surface area contributed by atoms with Crippen molar-refractivity contribution in [2.24, 2.45) is 0 Å². The Balaban J connectivity index is 3.30. The van der Waals surface area contributed by atoms with Gasteiger partial charge in [-0.2, -0.15) is 21.6 Å². The molecular formula is C8H5F5O2S. The zero-order chi connectivity index (χ0) is 12.6. The van der Waals surface area contributed by atoms with Crippen LogP contribution in [-0.4, -0.2) is 8.42 Å². The van der Waals surface area contributed by atoms with E-state index in [-0.39, 0.29) is 0 Å². The zero-order valence-corrected chi connectivity index (χ0v) is 8.37. The van der Waals surface area contributed by atoms with Crippen LogP contribution in [-0.2, 0) is 22.2 Å². The molecule has 0 heterocycles. The standard InChI is InChI=1S/C8H5F5O2S/c9-6-1-2-7(8(10,11)12)5(3-6)4-16(13,14)15/h1-3H,4H2. The topological polar surface area (TPSA) is 34.1 Å². The molecular weight excluding hydrogens is 255 g/mol. The third-order valence-electron chi connectivity index (χ3n) is 1.70. The number of hydrogen-bond acceptors (Lipinski definition) is 2. The first-order valence-corrected chi connectivity index (χ1v) is 5.43. The quantitative estimate of drug-likeness (QED) is 0.605. The van der Waals surface area contributed by atoms with Crippen LogP contribution in [0.4, 0.5) is 21.4 Å². The lowest BCUT2D eigenvalue weighted by atomic mass is 10.1. The van der Waals surface area contributed by atoms with E-state index in [1.807, 2.05) is 0 Å². The Morgan fingerprint density at radius 2 is 1.75 bits per heavy atom. The Labute approximate surface area is 87.9 Å². The molecule has 90 valence electrons. The fraction of sp³-hybridized carbons (Fsp3) is 0.250. The molecule has 0 aromatic heterocycles. The average molecular weight is 260 g/mol. The summed E-state index contributed by atoms with van der Waals surface area (Å²) in [7, 11) is -5.14. The van der Waals surface area contributed by atoms with Crippen molar-refractivity contribution in [1.29, 1.82) is 0 Å². The second-order valence-electron chi connectivity index (χ2n) is 2.98. The Bertz CT molecular complexity index is 492. The molecule has 1 rings (SSSR count). The van der Waals surface area contributed by atoms with Crippen molar-refractivity contribution in [1.82, 2.24) is 0 Å². The molecule has 0 saturated heterocycles. The van der Waals surface area contributed by atoms with Crippen LogP contribution in [0.1, 0.15) is 11.1 Å². The van der Waals surface area contributed by atoms with Gasteiger partial charge >= 0.3 is 16.4 Å². The van der Waals surface area contributed by atoms with Crippen molar-refractivity contribution >= 4 is 10.2 Å². The van der Waals surface area contributed by atoms with Crippen LogP contribution in [0.3, 0.4) is 0 Å².